The summed E-state index contributed by atoms with van der Waals surface area (Å²) in [5.74, 6) is 0. The zero-order chi connectivity index (χ0) is 16.1. The number of hydrogen-bond acceptors (Lipinski definition) is 3. The maximum Gasteiger partial charge on any atom is 0.126 e. The van der Waals surface area contributed by atoms with Crippen molar-refractivity contribution in [2.45, 2.75) is 33.0 Å². The van der Waals surface area contributed by atoms with Crippen molar-refractivity contribution >= 4 is 17.3 Å². The van der Waals surface area contributed by atoms with Crippen molar-refractivity contribution in [3.8, 4) is 0 Å². The van der Waals surface area contributed by atoms with E-state index in [0.29, 0.717) is 6.61 Å². The van der Waals surface area contributed by atoms with Crippen LogP contribution in [0.1, 0.15) is 19.4 Å². The minimum atomic E-state index is -0.378. The van der Waals surface area contributed by atoms with Gasteiger partial charge in [0, 0.05) is 10.7 Å². The highest BCUT2D eigenvalue weighted by molar-refractivity contribution is 6.30. The summed E-state index contributed by atoms with van der Waals surface area (Å²) in [5, 5.41) is 10.8. The third-order valence-corrected chi connectivity index (χ3v) is 4.36. The lowest BCUT2D eigenvalue weighted by Crippen LogP contribution is -3.16. The van der Waals surface area contributed by atoms with Gasteiger partial charge in [0.25, 0.3) is 0 Å². The number of nitrogens with one attached hydrogen (secondary N) is 1. The molecule has 1 aromatic rings. The second-order valence-corrected chi connectivity index (χ2v) is 6.84. The monoisotopic (exact) mass is 327 g/mol. The van der Waals surface area contributed by atoms with Gasteiger partial charge in [-0.3, -0.25) is 0 Å². The van der Waals surface area contributed by atoms with Crippen molar-refractivity contribution < 1.29 is 14.7 Å². The van der Waals surface area contributed by atoms with Gasteiger partial charge in [-0.2, -0.15) is 0 Å². The predicted molar refractivity (Wildman–Crippen MR) is 91.1 cm³/mol. The van der Waals surface area contributed by atoms with E-state index in [1.54, 1.807) is 0 Å². The number of quaternary nitrogens is 1. The zero-order valence-corrected chi connectivity index (χ0v) is 14.6. The normalized spacial score (nSPS) is 18.0. The molecule has 1 fully saturated rings. The fraction of sp³-hybridized carbons (Fsp3) is 0.647. The summed E-state index contributed by atoms with van der Waals surface area (Å²) >= 11 is 6.11. The Morgan fingerprint density at radius 1 is 1.32 bits per heavy atom. The van der Waals surface area contributed by atoms with E-state index >= 15 is 0 Å². The van der Waals surface area contributed by atoms with E-state index in [0.717, 1.165) is 37.7 Å². The molecule has 1 aliphatic rings. The van der Waals surface area contributed by atoms with Crippen molar-refractivity contribution in [3.63, 3.8) is 0 Å². The highest BCUT2D eigenvalue weighted by Gasteiger charge is 2.23. The Morgan fingerprint density at radius 2 is 2.00 bits per heavy atom. The number of hydrogen-bond donors (Lipinski definition) is 2. The van der Waals surface area contributed by atoms with Crippen LogP contribution in [0.3, 0.4) is 0 Å². The Morgan fingerprint density at radius 3 is 2.64 bits per heavy atom. The van der Waals surface area contributed by atoms with E-state index < -0.39 is 0 Å². The number of aliphatic hydroxyl groups excluding tert-OH is 1. The van der Waals surface area contributed by atoms with E-state index in [4.69, 9.17) is 16.3 Å². The van der Waals surface area contributed by atoms with Gasteiger partial charge in [-0.25, -0.2) is 0 Å². The Balaban J connectivity index is 1.81. The molecule has 5 heteroatoms. The molecule has 0 unspecified atom stereocenters. The summed E-state index contributed by atoms with van der Waals surface area (Å²) < 4.78 is 5.48. The van der Waals surface area contributed by atoms with Gasteiger partial charge < -0.3 is 19.6 Å². The third-order valence-electron chi connectivity index (χ3n) is 4.13. The van der Waals surface area contributed by atoms with Crippen LogP contribution in [0.2, 0.25) is 5.02 Å². The maximum atomic E-state index is 10.0. The predicted octanol–water partition coefficient (Wildman–Crippen LogP) is 1.14. The second-order valence-electron chi connectivity index (χ2n) is 6.41. The first kappa shape index (κ1) is 17.5. The second kappa shape index (κ2) is 8.16. The van der Waals surface area contributed by atoms with Crippen molar-refractivity contribution in [2.24, 2.45) is 0 Å². The number of benzene rings is 1. The van der Waals surface area contributed by atoms with Gasteiger partial charge in [0.2, 0.25) is 0 Å². The molecule has 124 valence electrons. The number of aliphatic hydroxyl groups is 1. The topological polar surface area (TPSA) is 37.1 Å². The summed E-state index contributed by atoms with van der Waals surface area (Å²) in [7, 11) is 0. The molecule has 1 saturated heterocycles. The fourth-order valence-electron chi connectivity index (χ4n) is 2.89. The van der Waals surface area contributed by atoms with Crippen LogP contribution in [0.4, 0.5) is 5.69 Å². The highest BCUT2D eigenvalue weighted by atomic mass is 35.5. The molecule has 0 aliphatic carbocycles. The Labute approximate surface area is 138 Å². The summed E-state index contributed by atoms with van der Waals surface area (Å²) in [6.45, 7) is 11.3. The van der Waals surface area contributed by atoms with E-state index in [1.807, 2.05) is 26.0 Å². The Hall–Kier alpha value is -0.810. The maximum absolute atomic E-state index is 10.0. The van der Waals surface area contributed by atoms with Gasteiger partial charge in [-0.15, -0.1) is 0 Å². The van der Waals surface area contributed by atoms with E-state index in [2.05, 4.69) is 17.9 Å². The Bertz CT molecular complexity index is 474. The Kier molecular flexibility index (Phi) is 6.50. The molecular formula is C17H28ClN2O2+. The molecule has 0 spiro atoms. The number of aryl methyl sites for hydroxylation is 1. The first-order valence-electron chi connectivity index (χ1n) is 8.10. The van der Waals surface area contributed by atoms with E-state index in [-0.39, 0.29) is 12.2 Å². The molecule has 1 aromatic carbocycles. The largest absolute Gasteiger partial charge is 0.385 e. The molecule has 1 aliphatic heterocycles. The molecule has 1 heterocycles. The van der Waals surface area contributed by atoms with Crippen molar-refractivity contribution in [2.75, 3.05) is 44.2 Å². The van der Waals surface area contributed by atoms with Crippen LogP contribution in [0.15, 0.2) is 18.2 Å². The van der Waals surface area contributed by atoms with Gasteiger partial charge >= 0.3 is 0 Å². The average Bonchev–Trinajstić information content (AvgIpc) is 2.48. The number of halogens is 1. The lowest BCUT2D eigenvalue weighted by Gasteiger charge is -2.35. The molecule has 4 nitrogen and oxygen atoms in total. The standard InChI is InChI=1S/C17H27ClN2O2/c1-13(2)22-12-16(21)11-19-6-8-20(9-7-19)17-10-15(18)5-4-14(17)3/h4-5,10,13,16,21H,6-9,11-12H2,1-3H3/p+1/t16-/m1/s1. The van der Waals surface area contributed by atoms with E-state index in [1.165, 1.54) is 16.2 Å². The van der Waals surface area contributed by atoms with Gasteiger partial charge in [-0.1, -0.05) is 17.7 Å². The van der Waals surface area contributed by atoms with Crippen LogP contribution in [0.5, 0.6) is 0 Å². The molecule has 2 N–H and O–H groups in total. The number of ether oxygens (including phenoxy) is 1. The van der Waals surface area contributed by atoms with Crippen LogP contribution in [0.25, 0.3) is 0 Å². The number of piperazine rings is 1. The quantitative estimate of drug-likeness (QED) is 0.823. The molecular weight excluding hydrogens is 300 g/mol. The lowest BCUT2D eigenvalue weighted by molar-refractivity contribution is -0.903. The van der Waals surface area contributed by atoms with Crippen molar-refractivity contribution in [3.05, 3.63) is 28.8 Å². The molecule has 0 radical (unpaired) electrons. The third kappa shape index (κ3) is 5.13. The molecule has 22 heavy (non-hydrogen) atoms. The van der Waals surface area contributed by atoms with Gasteiger partial charge in [0.1, 0.15) is 12.6 Å². The molecule has 0 amide bonds. The zero-order valence-electron chi connectivity index (χ0n) is 13.8. The number of anilines is 1. The van der Waals surface area contributed by atoms with Crippen molar-refractivity contribution in [1.82, 2.24) is 0 Å². The molecule has 0 aromatic heterocycles. The van der Waals surface area contributed by atoms with Gasteiger partial charge in [-0.05, 0) is 38.5 Å². The first-order chi connectivity index (χ1) is 10.5. The lowest BCUT2D eigenvalue weighted by atomic mass is 10.1. The minimum absolute atomic E-state index is 0.173. The molecule has 0 bridgehead atoms. The van der Waals surface area contributed by atoms with Crippen LogP contribution in [0, 0.1) is 6.92 Å². The summed E-state index contributed by atoms with van der Waals surface area (Å²) in [4.78, 5) is 3.83. The number of rotatable bonds is 6. The fourth-order valence-corrected chi connectivity index (χ4v) is 3.05. The highest BCUT2D eigenvalue weighted by Crippen LogP contribution is 2.24. The molecule has 1 atom stereocenters. The average molecular weight is 328 g/mol. The number of nitrogens with zero attached hydrogens (tertiary/aromatic N) is 1. The summed E-state index contributed by atoms with van der Waals surface area (Å²) in [6.07, 6.45) is -0.204. The van der Waals surface area contributed by atoms with E-state index in [9.17, 15) is 5.11 Å². The van der Waals surface area contributed by atoms with Crippen molar-refractivity contribution in [1.29, 1.82) is 0 Å². The summed E-state index contributed by atoms with van der Waals surface area (Å²) in [5.41, 5.74) is 2.49. The van der Waals surface area contributed by atoms with Crippen LogP contribution in [-0.2, 0) is 4.74 Å². The van der Waals surface area contributed by atoms with Gasteiger partial charge in [0.05, 0.1) is 38.9 Å². The molecule has 2 rings (SSSR count). The SMILES string of the molecule is Cc1ccc(Cl)cc1N1CC[NH+](C[C@@H](O)COC(C)C)CC1. The minimum Gasteiger partial charge on any atom is -0.385 e. The summed E-state index contributed by atoms with van der Waals surface area (Å²) in [6, 6.07) is 6.06. The van der Waals surface area contributed by atoms with Crippen LogP contribution < -0.4 is 9.80 Å². The molecule has 0 saturated carbocycles. The van der Waals surface area contributed by atoms with Gasteiger partial charge in [0.15, 0.2) is 0 Å². The van der Waals surface area contributed by atoms with Crippen LogP contribution >= 0.6 is 11.6 Å². The smallest absolute Gasteiger partial charge is 0.126 e. The first-order valence-corrected chi connectivity index (χ1v) is 8.48. The van der Waals surface area contributed by atoms with Crippen LogP contribution in [-0.4, -0.2) is 56.6 Å².